The third-order valence-corrected chi connectivity index (χ3v) is 5.62. The lowest BCUT2D eigenvalue weighted by Gasteiger charge is -2.07. The molecular formula is C19H14Cl2N2OS. The Morgan fingerprint density at radius 2 is 1.88 bits per heavy atom. The number of thiazole rings is 1. The first-order valence-corrected chi connectivity index (χ1v) is 9.56. The Hall–Kier alpha value is -1.88. The second-order valence-electron chi connectivity index (χ2n) is 6.00. The van der Waals surface area contributed by atoms with Crippen molar-refractivity contribution in [2.75, 3.05) is 5.32 Å². The van der Waals surface area contributed by atoms with Crippen molar-refractivity contribution >= 4 is 46.1 Å². The minimum Gasteiger partial charge on any atom is -0.322 e. The van der Waals surface area contributed by atoms with Gasteiger partial charge in [0.15, 0.2) is 0 Å². The van der Waals surface area contributed by atoms with Gasteiger partial charge in [0.2, 0.25) is 0 Å². The second kappa shape index (κ2) is 6.79. The van der Waals surface area contributed by atoms with Gasteiger partial charge in [0, 0.05) is 27.6 Å². The highest BCUT2D eigenvalue weighted by Crippen LogP contribution is 2.42. The van der Waals surface area contributed by atoms with Crippen LogP contribution >= 0.6 is 34.5 Å². The number of hydrogen-bond acceptors (Lipinski definition) is 3. The smallest absolute Gasteiger partial charge is 0.257 e. The van der Waals surface area contributed by atoms with Gasteiger partial charge in [0.05, 0.1) is 21.3 Å². The number of nitrogens with zero attached hydrogens (tertiary/aromatic N) is 1. The molecule has 0 bridgehead atoms. The molecule has 1 aromatic heterocycles. The first-order valence-electron chi connectivity index (χ1n) is 7.92. The van der Waals surface area contributed by atoms with Crippen LogP contribution in [0.1, 0.15) is 34.1 Å². The summed E-state index contributed by atoms with van der Waals surface area (Å²) in [6, 6.07) is 12.5. The average Bonchev–Trinajstić information content (AvgIpc) is 3.33. The molecule has 1 fully saturated rings. The summed E-state index contributed by atoms with van der Waals surface area (Å²) in [5, 5.41) is 6.99. The van der Waals surface area contributed by atoms with Crippen molar-refractivity contribution in [1.82, 2.24) is 4.98 Å². The van der Waals surface area contributed by atoms with Crippen LogP contribution in [0, 0.1) is 0 Å². The number of nitrogens with one attached hydrogen (secondary N) is 1. The van der Waals surface area contributed by atoms with Crippen LogP contribution in [0.15, 0.2) is 47.8 Å². The molecule has 0 saturated heterocycles. The highest BCUT2D eigenvalue weighted by Gasteiger charge is 2.26. The standard InChI is InChI=1S/C19H14Cl2N2OS/c20-13-5-8-15(16(21)9-13)18(24)22-14-6-3-11(4-7-14)17-10-25-19(23-17)12-1-2-12/h3-10,12H,1-2H2,(H,22,24). The van der Waals surface area contributed by atoms with E-state index >= 15 is 0 Å². The Morgan fingerprint density at radius 3 is 2.56 bits per heavy atom. The van der Waals surface area contributed by atoms with Crippen molar-refractivity contribution in [2.24, 2.45) is 0 Å². The Balaban J connectivity index is 1.48. The zero-order valence-corrected chi connectivity index (χ0v) is 15.5. The van der Waals surface area contributed by atoms with Crippen LogP contribution in [0.5, 0.6) is 0 Å². The molecule has 1 heterocycles. The number of amides is 1. The van der Waals surface area contributed by atoms with Gasteiger partial charge in [-0.05, 0) is 43.2 Å². The van der Waals surface area contributed by atoms with Crippen molar-refractivity contribution in [3.8, 4) is 11.3 Å². The number of anilines is 1. The fourth-order valence-electron chi connectivity index (χ4n) is 2.53. The van der Waals surface area contributed by atoms with Gasteiger partial charge in [-0.15, -0.1) is 11.3 Å². The van der Waals surface area contributed by atoms with Crippen LogP contribution in [0.4, 0.5) is 5.69 Å². The lowest BCUT2D eigenvalue weighted by molar-refractivity contribution is 0.102. The summed E-state index contributed by atoms with van der Waals surface area (Å²) in [5.41, 5.74) is 3.14. The number of carbonyl (C=O) groups is 1. The third-order valence-electron chi connectivity index (χ3n) is 4.06. The maximum absolute atomic E-state index is 12.3. The summed E-state index contributed by atoms with van der Waals surface area (Å²) in [6.07, 6.45) is 2.51. The fraction of sp³-hybridized carbons (Fsp3) is 0.158. The van der Waals surface area contributed by atoms with E-state index in [0.717, 1.165) is 11.3 Å². The van der Waals surface area contributed by atoms with Crippen molar-refractivity contribution in [1.29, 1.82) is 0 Å². The molecule has 0 unspecified atom stereocenters. The maximum atomic E-state index is 12.3. The van der Waals surface area contributed by atoms with Gasteiger partial charge >= 0.3 is 0 Å². The number of rotatable bonds is 4. The Labute approximate surface area is 159 Å². The van der Waals surface area contributed by atoms with Gasteiger partial charge in [-0.3, -0.25) is 4.79 Å². The van der Waals surface area contributed by atoms with E-state index in [1.165, 1.54) is 17.8 Å². The molecule has 4 rings (SSSR count). The zero-order valence-electron chi connectivity index (χ0n) is 13.1. The molecule has 1 amide bonds. The predicted octanol–water partition coefficient (Wildman–Crippen LogP) is 6.25. The molecular weight excluding hydrogens is 375 g/mol. The van der Waals surface area contributed by atoms with Crippen LogP contribution in [-0.2, 0) is 0 Å². The molecule has 126 valence electrons. The van der Waals surface area contributed by atoms with Gasteiger partial charge in [-0.25, -0.2) is 4.98 Å². The van der Waals surface area contributed by atoms with Gasteiger partial charge in [-0.2, -0.15) is 0 Å². The highest BCUT2D eigenvalue weighted by molar-refractivity contribution is 7.10. The number of halogens is 2. The normalized spacial score (nSPS) is 13.7. The first-order chi connectivity index (χ1) is 12.1. The van der Waals surface area contributed by atoms with E-state index in [4.69, 9.17) is 28.2 Å². The fourth-order valence-corrected chi connectivity index (χ4v) is 4.03. The summed E-state index contributed by atoms with van der Waals surface area (Å²) in [4.78, 5) is 17.0. The van der Waals surface area contributed by atoms with E-state index in [-0.39, 0.29) is 5.91 Å². The Bertz CT molecular complexity index is 933. The lowest BCUT2D eigenvalue weighted by atomic mass is 10.1. The summed E-state index contributed by atoms with van der Waals surface area (Å²) >= 11 is 13.7. The molecule has 1 saturated carbocycles. The molecule has 0 spiro atoms. The molecule has 0 atom stereocenters. The van der Waals surface area contributed by atoms with Crippen LogP contribution in [0.25, 0.3) is 11.3 Å². The average molecular weight is 389 g/mol. The Morgan fingerprint density at radius 1 is 1.12 bits per heavy atom. The van der Waals surface area contributed by atoms with Crippen molar-refractivity contribution < 1.29 is 4.79 Å². The monoisotopic (exact) mass is 388 g/mol. The summed E-state index contributed by atoms with van der Waals surface area (Å²) in [6.45, 7) is 0. The lowest BCUT2D eigenvalue weighted by Crippen LogP contribution is -2.12. The topological polar surface area (TPSA) is 42.0 Å². The van der Waals surface area contributed by atoms with E-state index in [0.29, 0.717) is 27.2 Å². The Kier molecular flexibility index (Phi) is 4.50. The third kappa shape index (κ3) is 3.71. The van der Waals surface area contributed by atoms with Crippen LogP contribution in [0.2, 0.25) is 10.0 Å². The van der Waals surface area contributed by atoms with E-state index < -0.39 is 0 Å². The van der Waals surface area contributed by atoms with Crippen molar-refractivity contribution in [2.45, 2.75) is 18.8 Å². The largest absolute Gasteiger partial charge is 0.322 e. The number of carbonyl (C=O) groups excluding carboxylic acids is 1. The van der Waals surface area contributed by atoms with Crippen molar-refractivity contribution in [3.63, 3.8) is 0 Å². The summed E-state index contributed by atoms with van der Waals surface area (Å²) < 4.78 is 0. The van der Waals surface area contributed by atoms with E-state index in [9.17, 15) is 4.79 Å². The number of benzene rings is 2. The highest BCUT2D eigenvalue weighted by atomic mass is 35.5. The summed E-state index contributed by atoms with van der Waals surface area (Å²) in [7, 11) is 0. The zero-order chi connectivity index (χ0) is 17.4. The summed E-state index contributed by atoms with van der Waals surface area (Å²) in [5.74, 6) is 0.403. The molecule has 1 aliphatic rings. The second-order valence-corrected chi connectivity index (χ2v) is 7.73. The number of hydrogen-bond donors (Lipinski definition) is 1. The minimum atomic E-state index is -0.265. The minimum absolute atomic E-state index is 0.265. The SMILES string of the molecule is O=C(Nc1ccc(-c2csc(C3CC3)n2)cc1)c1ccc(Cl)cc1Cl. The van der Waals surface area contributed by atoms with E-state index in [2.05, 4.69) is 10.7 Å². The van der Waals surface area contributed by atoms with Crippen LogP contribution < -0.4 is 5.32 Å². The molecule has 0 radical (unpaired) electrons. The quantitative estimate of drug-likeness (QED) is 0.573. The molecule has 1 aliphatic carbocycles. The molecule has 25 heavy (non-hydrogen) atoms. The number of aromatic nitrogens is 1. The van der Waals surface area contributed by atoms with E-state index in [1.807, 2.05) is 24.3 Å². The first kappa shape index (κ1) is 16.6. The van der Waals surface area contributed by atoms with Crippen LogP contribution in [-0.4, -0.2) is 10.9 Å². The van der Waals surface area contributed by atoms with Crippen molar-refractivity contribution in [3.05, 3.63) is 68.5 Å². The molecule has 6 heteroatoms. The molecule has 0 aliphatic heterocycles. The molecule has 1 N–H and O–H groups in total. The van der Waals surface area contributed by atoms with Gasteiger partial charge < -0.3 is 5.32 Å². The predicted molar refractivity (Wildman–Crippen MR) is 104 cm³/mol. The maximum Gasteiger partial charge on any atom is 0.257 e. The molecule has 3 nitrogen and oxygen atoms in total. The molecule has 3 aromatic rings. The van der Waals surface area contributed by atoms with Gasteiger partial charge in [-0.1, -0.05) is 35.3 Å². The van der Waals surface area contributed by atoms with Crippen LogP contribution in [0.3, 0.4) is 0 Å². The molecule has 2 aromatic carbocycles. The van der Waals surface area contributed by atoms with E-state index in [1.54, 1.807) is 29.5 Å². The van der Waals surface area contributed by atoms with Gasteiger partial charge in [0.25, 0.3) is 5.91 Å². The van der Waals surface area contributed by atoms with Gasteiger partial charge in [0.1, 0.15) is 0 Å².